The lowest BCUT2D eigenvalue weighted by atomic mass is 10.2. The van der Waals surface area contributed by atoms with Crippen molar-refractivity contribution in [3.63, 3.8) is 0 Å². The average molecular weight is 565 g/mol. The molecule has 0 radical (unpaired) electrons. The summed E-state index contributed by atoms with van der Waals surface area (Å²) < 4.78 is 24.6. The molecule has 0 aliphatic carbocycles. The zero-order valence-electron chi connectivity index (χ0n) is 18.5. The van der Waals surface area contributed by atoms with E-state index in [1.807, 2.05) is 18.2 Å². The van der Waals surface area contributed by atoms with E-state index in [0.717, 1.165) is 24.4 Å². The van der Waals surface area contributed by atoms with Crippen LogP contribution in [0.25, 0.3) is 0 Å². The van der Waals surface area contributed by atoms with Gasteiger partial charge in [-0.25, -0.2) is 9.37 Å². The van der Waals surface area contributed by atoms with Crippen molar-refractivity contribution < 1.29 is 13.5 Å². The molecule has 1 saturated heterocycles. The van der Waals surface area contributed by atoms with E-state index in [9.17, 15) is 4.39 Å². The Morgan fingerprint density at radius 2 is 2.03 bits per heavy atom. The zero-order valence-corrected chi connectivity index (χ0v) is 20.9. The summed E-state index contributed by atoms with van der Waals surface area (Å²) in [4.78, 5) is 11.1. The number of nitrogens with zero attached hydrogens (tertiary/aromatic N) is 3. The molecule has 1 aliphatic heterocycles. The van der Waals surface area contributed by atoms with Crippen molar-refractivity contribution in [2.75, 3.05) is 26.7 Å². The van der Waals surface area contributed by atoms with E-state index < -0.39 is 0 Å². The Morgan fingerprint density at radius 1 is 1.18 bits per heavy atom. The average Bonchev–Trinajstić information content (AvgIpc) is 3.52. The number of likely N-dealkylation sites (tertiary alicyclic amines) is 1. The number of ether oxygens (including phenoxy) is 1. The highest BCUT2D eigenvalue weighted by molar-refractivity contribution is 14.0. The smallest absolute Gasteiger partial charge is 0.219 e. The SMILES string of the molecule is CN=C(NCc1ccc(Oc2cccc(F)c2)nc1)NCC(c1ccco1)N1CCCC1.I. The van der Waals surface area contributed by atoms with Crippen LogP contribution in [0.3, 0.4) is 0 Å². The molecule has 1 aliphatic rings. The molecule has 7 nitrogen and oxygen atoms in total. The molecule has 1 atom stereocenters. The van der Waals surface area contributed by atoms with E-state index >= 15 is 0 Å². The molecule has 33 heavy (non-hydrogen) atoms. The molecule has 1 unspecified atom stereocenters. The van der Waals surface area contributed by atoms with E-state index in [1.54, 1.807) is 37.7 Å². The van der Waals surface area contributed by atoms with Crippen LogP contribution in [-0.2, 0) is 6.54 Å². The van der Waals surface area contributed by atoms with Gasteiger partial charge < -0.3 is 19.8 Å². The van der Waals surface area contributed by atoms with Crippen LogP contribution in [-0.4, -0.2) is 42.5 Å². The topological polar surface area (TPSA) is 74.9 Å². The molecule has 0 bridgehead atoms. The maximum absolute atomic E-state index is 13.3. The number of guanidine groups is 1. The molecule has 0 amide bonds. The summed E-state index contributed by atoms with van der Waals surface area (Å²) >= 11 is 0. The van der Waals surface area contributed by atoms with Gasteiger partial charge in [0.25, 0.3) is 0 Å². The van der Waals surface area contributed by atoms with E-state index in [-0.39, 0.29) is 35.8 Å². The van der Waals surface area contributed by atoms with Gasteiger partial charge in [0.15, 0.2) is 5.96 Å². The fourth-order valence-electron chi connectivity index (χ4n) is 3.77. The minimum absolute atomic E-state index is 0. The lowest BCUT2D eigenvalue weighted by Crippen LogP contribution is -2.42. The second kappa shape index (κ2) is 12.5. The summed E-state index contributed by atoms with van der Waals surface area (Å²) in [6, 6.07) is 13.8. The quantitative estimate of drug-likeness (QED) is 0.234. The third-order valence-corrected chi connectivity index (χ3v) is 5.42. The van der Waals surface area contributed by atoms with Gasteiger partial charge >= 0.3 is 0 Å². The Kier molecular flexibility index (Phi) is 9.49. The minimum atomic E-state index is -0.346. The molecule has 3 aromatic rings. The van der Waals surface area contributed by atoms with Crippen LogP contribution in [0.15, 0.2) is 70.4 Å². The molecule has 1 fully saturated rings. The van der Waals surface area contributed by atoms with Crippen LogP contribution < -0.4 is 15.4 Å². The molecule has 2 aromatic heterocycles. The summed E-state index contributed by atoms with van der Waals surface area (Å²) in [5.41, 5.74) is 0.974. The molecule has 1 aromatic carbocycles. The van der Waals surface area contributed by atoms with Gasteiger partial charge in [0, 0.05) is 38.5 Å². The van der Waals surface area contributed by atoms with E-state index in [2.05, 4.69) is 25.5 Å². The van der Waals surface area contributed by atoms with Crippen molar-refractivity contribution in [2.45, 2.75) is 25.4 Å². The zero-order chi connectivity index (χ0) is 22.2. The summed E-state index contributed by atoms with van der Waals surface area (Å²) in [5, 5.41) is 6.72. The van der Waals surface area contributed by atoms with Gasteiger partial charge in [-0.3, -0.25) is 9.89 Å². The van der Waals surface area contributed by atoms with Gasteiger partial charge in [0.2, 0.25) is 5.88 Å². The third kappa shape index (κ3) is 7.16. The van der Waals surface area contributed by atoms with E-state index in [4.69, 9.17) is 9.15 Å². The standard InChI is InChI=1S/C24H28FN5O2.HI/c1-26-24(29-17-21(22-8-5-13-31-22)30-11-2-3-12-30)28-16-18-9-10-23(27-15-18)32-20-7-4-6-19(25)14-20;/h4-10,13-15,21H,2-3,11-12,16-17H2,1H3,(H2,26,28,29);1H. The highest BCUT2D eigenvalue weighted by atomic mass is 127. The first-order chi connectivity index (χ1) is 15.7. The number of halogens is 2. The van der Waals surface area contributed by atoms with Gasteiger partial charge in [-0.05, 0) is 55.8 Å². The highest BCUT2D eigenvalue weighted by Crippen LogP contribution is 2.25. The number of furan rings is 1. The molecule has 2 N–H and O–H groups in total. The Balaban J connectivity index is 0.00000306. The second-order valence-corrected chi connectivity index (χ2v) is 7.65. The lowest BCUT2D eigenvalue weighted by molar-refractivity contribution is 0.215. The normalized spacial score (nSPS) is 15.0. The Hall–Kier alpha value is -2.66. The monoisotopic (exact) mass is 565 g/mol. The third-order valence-electron chi connectivity index (χ3n) is 5.42. The maximum atomic E-state index is 13.3. The number of aromatic nitrogens is 1. The summed E-state index contributed by atoms with van der Waals surface area (Å²) in [6.45, 7) is 3.41. The molecule has 0 spiro atoms. The van der Waals surface area contributed by atoms with Crippen LogP contribution >= 0.6 is 24.0 Å². The first-order valence-corrected chi connectivity index (χ1v) is 10.8. The Labute approximate surface area is 210 Å². The van der Waals surface area contributed by atoms with Gasteiger partial charge in [-0.1, -0.05) is 12.1 Å². The number of benzene rings is 1. The molecule has 176 valence electrons. The predicted octanol–water partition coefficient (Wildman–Crippen LogP) is 4.73. The Morgan fingerprint density at radius 3 is 2.70 bits per heavy atom. The summed E-state index contributed by atoms with van der Waals surface area (Å²) in [6.07, 6.45) is 5.89. The van der Waals surface area contributed by atoms with Crippen molar-refractivity contribution in [1.29, 1.82) is 0 Å². The maximum Gasteiger partial charge on any atom is 0.219 e. The summed E-state index contributed by atoms with van der Waals surface area (Å²) in [5.74, 6) is 2.15. The summed E-state index contributed by atoms with van der Waals surface area (Å²) in [7, 11) is 1.75. The fraction of sp³-hybridized carbons (Fsp3) is 0.333. The number of pyridine rings is 1. The fourth-order valence-corrected chi connectivity index (χ4v) is 3.77. The van der Waals surface area contributed by atoms with Gasteiger partial charge in [0.05, 0.1) is 12.3 Å². The van der Waals surface area contributed by atoms with Crippen molar-refractivity contribution >= 4 is 29.9 Å². The van der Waals surface area contributed by atoms with Gasteiger partial charge in [0.1, 0.15) is 17.3 Å². The molecular formula is C24H29FIN5O2. The number of rotatable bonds is 8. The molecule has 3 heterocycles. The predicted molar refractivity (Wildman–Crippen MR) is 137 cm³/mol. The Bertz CT molecular complexity index is 1010. The number of hydrogen-bond acceptors (Lipinski definition) is 5. The van der Waals surface area contributed by atoms with Crippen LogP contribution in [0.4, 0.5) is 4.39 Å². The molecule has 9 heteroatoms. The van der Waals surface area contributed by atoms with Crippen molar-refractivity contribution in [1.82, 2.24) is 20.5 Å². The van der Waals surface area contributed by atoms with Crippen LogP contribution in [0.1, 0.15) is 30.2 Å². The van der Waals surface area contributed by atoms with Crippen LogP contribution in [0, 0.1) is 5.82 Å². The molecular weight excluding hydrogens is 536 g/mol. The van der Waals surface area contributed by atoms with Gasteiger partial charge in [-0.15, -0.1) is 24.0 Å². The second-order valence-electron chi connectivity index (χ2n) is 7.65. The van der Waals surface area contributed by atoms with Crippen molar-refractivity contribution in [2.24, 2.45) is 4.99 Å². The van der Waals surface area contributed by atoms with Crippen LogP contribution in [0.5, 0.6) is 11.6 Å². The minimum Gasteiger partial charge on any atom is -0.468 e. The largest absolute Gasteiger partial charge is 0.468 e. The van der Waals surface area contributed by atoms with Crippen molar-refractivity contribution in [3.8, 4) is 11.6 Å². The van der Waals surface area contributed by atoms with Gasteiger partial charge in [-0.2, -0.15) is 0 Å². The first kappa shape index (κ1) is 25.0. The van der Waals surface area contributed by atoms with Crippen molar-refractivity contribution in [3.05, 3.63) is 78.1 Å². The van der Waals surface area contributed by atoms with E-state index in [0.29, 0.717) is 30.7 Å². The molecule has 0 saturated carbocycles. The number of nitrogens with one attached hydrogen (secondary N) is 2. The highest BCUT2D eigenvalue weighted by Gasteiger charge is 2.25. The lowest BCUT2D eigenvalue weighted by Gasteiger charge is -2.26. The number of hydrogen-bond donors (Lipinski definition) is 2. The first-order valence-electron chi connectivity index (χ1n) is 10.8. The van der Waals surface area contributed by atoms with E-state index in [1.165, 1.54) is 25.0 Å². The number of aliphatic imine (C=N–C) groups is 1. The van der Waals surface area contributed by atoms with Crippen LogP contribution in [0.2, 0.25) is 0 Å². The molecule has 4 rings (SSSR count).